The van der Waals surface area contributed by atoms with Gasteiger partial charge < -0.3 is 15.4 Å². The monoisotopic (exact) mass is 346 g/mol. The summed E-state index contributed by atoms with van der Waals surface area (Å²) in [6, 6.07) is 10.6. The molecule has 0 saturated carbocycles. The maximum absolute atomic E-state index is 11.3. The van der Waals surface area contributed by atoms with E-state index < -0.39 is 11.9 Å². The number of aliphatic carboxylic acids is 1. The number of nitrogens with two attached hydrogens (primary N) is 1. The zero-order valence-corrected chi connectivity index (χ0v) is 12.4. The van der Waals surface area contributed by atoms with E-state index >= 15 is 0 Å². The van der Waals surface area contributed by atoms with Gasteiger partial charge in [-0.15, -0.1) is 0 Å². The van der Waals surface area contributed by atoms with Crippen molar-refractivity contribution in [3.63, 3.8) is 0 Å². The summed E-state index contributed by atoms with van der Waals surface area (Å²) >= 11 is 3.41. The van der Waals surface area contributed by atoms with Gasteiger partial charge in [0.05, 0.1) is 0 Å². The van der Waals surface area contributed by atoms with Crippen LogP contribution in [-0.4, -0.2) is 21.6 Å². The fourth-order valence-electron chi connectivity index (χ4n) is 2.54. The SMILES string of the molecule is NC(=O)c1ccc2c(c1)c1cc(Br)ccc1n2CC(=O)O. The number of fused-ring (bicyclic) bond motifs is 3. The average molecular weight is 347 g/mol. The number of hydrogen-bond acceptors (Lipinski definition) is 2. The molecule has 3 rings (SSSR count). The van der Waals surface area contributed by atoms with E-state index in [1.54, 1.807) is 22.8 Å². The van der Waals surface area contributed by atoms with Crippen LogP contribution in [0.25, 0.3) is 21.8 Å². The normalized spacial score (nSPS) is 11.1. The van der Waals surface area contributed by atoms with Crippen LogP contribution in [-0.2, 0) is 11.3 Å². The highest BCUT2D eigenvalue weighted by Crippen LogP contribution is 2.31. The Hall–Kier alpha value is -2.34. The van der Waals surface area contributed by atoms with Gasteiger partial charge in [-0.05, 0) is 36.4 Å². The van der Waals surface area contributed by atoms with Gasteiger partial charge in [-0.25, -0.2) is 0 Å². The van der Waals surface area contributed by atoms with E-state index in [1.165, 1.54) is 0 Å². The quantitative estimate of drug-likeness (QED) is 0.764. The molecule has 0 spiro atoms. The highest BCUT2D eigenvalue weighted by Gasteiger charge is 2.14. The molecule has 6 heteroatoms. The van der Waals surface area contributed by atoms with Crippen molar-refractivity contribution in [1.82, 2.24) is 4.57 Å². The van der Waals surface area contributed by atoms with Crippen molar-refractivity contribution in [2.45, 2.75) is 6.54 Å². The Bertz CT molecular complexity index is 899. The van der Waals surface area contributed by atoms with Gasteiger partial charge in [0.2, 0.25) is 5.91 Å². The lowest BCUT2D eigenvalue weighted by atomic mass is 10.1. The first kappa shape index (κ1) is 13.6. The summed E-state index contributed by atoms with van der Waals surface area (Å²) in [6.45, 7) is -0.141. The summed E-state index contributed by atoms with van der Waals surface area (Å²) in [5.74, 6) is -1.43. The lowest BCUT2D eigenvalue weighted by Crippen LogP contribution is -2.11. The maximum atomic E-state index is 11.3. The van der Waals surface area contributed by atoms with Crippen LogP contribution in [0.2, 0.25) is 0 Å². The van der Waals surface area contributed by atoms with Gasteiger partial charge in [0.25, 0.3) is 0 Å². The van der Waals surface area contributed by atoms with Crippen LogP contribution in [0.3, 0.4) is 0 Å². The Balaban J connectivity index is 2.43. The van der Waals surface area contributed by atoms with Gasteiger partial charge in [-0.3, -0.25) is 9.59 Å². The van der Waals surface area contributed by atoms with Crippen molar-refractivity contribution < 1.29 is 14.7 Å². The van der Waals surface area contributed by atoms with Crippen LogP contribution in [0.15, 0.2) is 40.9 Å². The predicted octanol–water partition coefficient (Wildman–Crippen LogP) is 2.74. The summed E-state index contributed by atoms with van der Waals surface area (Å²) in [5.41, 5.74) is 7.28. The number of primary amides is 1. The molecule has 0 atom stereocenters. The van der Waals surface area contributed by atoms with E-state index in [2.05, 4.69) is 15.9 Å². The third kappa shape index (κ3) is 2.27. The molecule has 0 unspecified atom stereocenters. The van der Waals surface area contributed by atoms with Crippen molar-refractivity contribution >= 4 is 49.6 Å². The number of nitrogens with zero attached hydrogens (tertiary/aromatic N) is 1. The van der Waals surface area contributed by atoms with Crippen molar-refractivity contribution in [2.24, 2.45) is 5.73 Å². The van der Waals surface area contributed by atoms with Gasteiger partial charge in [0.1, 0.15) is 6.54 Å². The zero-order valence-electron chi connectivity index (χ0n) is 10.8. The highest BCUT2D eigenvalue weighted by atomic mass is 79.9. The standard InChI is InChI=1S/C15H11BrN2O3/c16-9-2-4-13-11(6-9)10-5-8(15(17)21)1-3-12(10)18(13)7-14(19)20/h1-6H,7H2,(H2,17,21)(H,19,20). The second-order valence-electron chi connectivity index (χ2n) is 4.74. The fourth-order valence-corrected chi connectivity index (χ4v) is 2.90. The molecule has 1 heterocycles. The molecule has 1 amide bonds. The number of aromatic nitrogens is 1. The average Bonchev–Trinajstić information content (AvgIpc) is 2.71. The van der Waals surface area contributed by atoms with Gasteiger partial charge in [-0.2, -0.15) is 0 Å². The van der Waals surface area contributed by atoms with E-state index in [4.69, 9.17) is 10.8 Å². The molecule has 3 aromatic rings. The lowest BCUT2D eigenvalue weighted by molar-refractivity contribution is -0.137. The smallest absolute Gasteiger partial charge is 0.323 e. The molecule has 0 saturated heterocycles. The molecule has 1 aromatic heterocycles. The minimum Gasteiger partial charge on any atom is -0.480 e. The van der Waals surface area contributed by atoms with E-state index in [-0.39, 0.29) is 6.54 Å². The van der Waals surface area contributed by atoms with Crippen molar-refractivity contribution in [1.29, 1.82) is 0 Å². The Morgan fingerprint density at radius 1 is 1.10 bits per heavy atom. The highest BCUT2D eigenvalue weighted by molar-refractivity contribution is 9.10. The van der Waals surface area contributed by atoms with E-state index in [0.717, 1.165) is 26.3 Å². The lowest BCUT2D eigenvalue weighted by Gasteiger charge is -2.03. The summed E-state index contributed by atoms with van der Waals surface area (Å²) in [4.78, 5) is 22.4. The number of rotatable bonds is 3. The van der Waals surface area contributed by atoms with E-state index in [9.17, 15) is 9.59 Å². The predicted molar refractivity (Wildman–Crippen MR) is 83.3 cm³/mol. The molecule has 106 valence electrons. The summed E-state index contributed by atoms with van der Waals surface area (Å²) in [5, 5.41) is 10.8. The van der Waals surface area contributed by atoms with Crippen molar-refractivity contribution in [2.75, 3.05) is 0 Å². The number of carbonyl (C=O) groups excluding carboxylic acids is 1. The molecule has 0 aliphatic rings. The van der Waals surface area contributed by atoms with Gasteiger partial charge in [0, 0.05) is 31.8 Å². The number of benzene rings is 2. The fraction of sp³-hybridized carbons (Fsp3) is 0.0667. The molecule has 3 N–H and O–H groups in total. The number of carbonyl (C=O) groups is 2. The van der Waals surface area contributed by atoms with E-state index in [1.807, 2.05) is 18.2 Å². The number of amides is 1. The van der Waals surface area contributed by atoms with Crippen molar-refractivity contribution in [3.8, 4) is 0 Å². The number of hydrogen-bond donors (Lipinski definition) is 2. The molecule has 5 nitrogen and oxygen atoms in total. The third-order valence-corrected chi connectivity index (χ3v) is 3.90. The van der Waals surface area contributed by atoms with Crippen LogP contribution in [0.5, 0.6) is 0 Å². The van der Waals surface area contributed by atoms with Crippen LogP contribution < -0.4 is 5.73 Å². The first-order valence-corrected chi connectivity index (χ1v) is 7.00. The Labute approximate surface area is 128 Å². The van der Waals surface area contributed by atoms with Crippen molar-refractivity contribution in [3.05, 3.63) is 46.4 Å². The van der Waals surface area contributed by atoms with Gasteiger partial charge in [0.15, 0.2) is 0 Å². The number of carboxylic acid groups (broad SMARTS) is 1. The molecule has 21 heavy (non-hydrogen) atoms. The molecule has 0 aliphatic carbocycles. The Kier molecular flexibility index (Phi) is 3.17. The zero-order chi connectivity index (χ0) is 15.1. The van der Waals surface area contributed by atoms with Crippen LogP contribution in [0.4, 0.5) is 0 Å². The Morgan fingerprint density at radius 2 is 1.71 bits per heavy atom. The first-order chi connectivity index (χ1) is 9.97. The van der Waals surface area contributed by atoms with E-state index in [0.29, 0.717) is 5.56 Å². The molecular weight excluding hydrogens is 336 g/mol. The van der Waals surface area contributed by atoms with Crippen LogP contribution >= 0.6 is 15.9 Å². The molecule has 2 aromatic carbocycles. The minimum atomic E-state index is -0.921. The third-order valence-electron chi connectivity index (χ3n) is 3.40. The Morgan fingerprint density at radius 3 is 2.33 bits per heavy atom. The summed E-state index contributed by atoms with van der Waals surface area (Å²) < 4.78 is 2.60. The van der Waals surface area contributed by atoms with Crippen LogP contribution in [0.1, 0.15) is 10.4 Å². The number of carboxylic acids is 1. The second kappa shape index (κ2) is 4.89. The second-order valence-corrected chi connectivity index (χ2v) is 5.65. The molecular formula is C15H11BrN2O3. The largest absolute Gasteiger partial charge is 0.480 e. The van der Waals surface area contributed by atoms with Gasteiger partial charge in [-0.1, -0.05) is 15.9 Å². The number of halogens is 1. The molecule has 0 fully saturated rings. The van der Waals surface area contributed by atoms with Crippen LogP contribution in [0, 0.1) is 0 Å². The summed E-state index contributed by atoms with van der Waals surface area (Å²) in [7, 11) is 0. The topological polar surface area (TPSA) is 85.3 Å². The molecule has 0 bridgehead atoms. The molecule has 0 radical (unpaired) electrons. The minimum absolute atomic E-state index is 0.141. The first-order valence-electron chi connectivity index (χ1n) is 6.20. The van der Waals surface area contributed by atoms with Gasteiger partial charge >= 0.3 is 5.97 Å². The summed E-state index contributed by atoms with van der Waals surface area (Å²) in [6.07, 6.45) is 0. The molecule has 0 aliphatic heterocycles. The maximum Gasteiger partial charge on any atom is 0.323 e.